The predicted octanol–water partition coefficient (Wildman–Crippen LogP) is 2.63. The van der Waals surface area contributed by atoms with Crippen molar-refractivity contribution in [3.05, 3.63) is 59.7 Å². The summed E-state index contributed by atoms with van der Waals surface area (Å²) in [4.78, 5) is 16.8. The standard InChI is InChI=1S/C23H31N3O3/c1-18-4-10-21(11-5-18)29-17-23(27)24-16-22(26-12-14-28-15-13-26)19-6-8-20(9-7-19)25(2)3/h4-11,22H,12-17H2,1-3H3,(H,24,27). The first-order chi connectivity index (χ1) is 14.0. The first-order valence-corrected chi connectivity index (χ1v) is 10.1. The molecule has 2 aromatic rings. The average molecular weight is 398 g/mol. The van der Waals surface area contributed by atoms with Crippen molar-refractivity contribution in [2.75, 3.05) is 58.5 Å². The Bertz CT molecular complexity index is 769. The zero-order valence-corrected chi connectivity index (χ0v) is 17.6. The van der Waals surface area contributed by atoms with E-state index in [0.717, 1.165) is 37.6 Å². The van der Waals surface area contributed by atoms with Crippen LogP contribution in [0.5, 0.6) is 5.75 Å². The Hall–Kier alpha value is -2.57. The maximum atomic E-state index is 12.4. The molecule has 1 N–H and O–H groups in total. The van der Waals surface area contributed by atoms with Crippen molar-refractivity contribution in [1.82, 2.24) is 10.2 Å². The molecular formula is C23H31N3O3. The van der Waals surface area contributed by atoms with Gasteiger partial charge in [-0.3, -0.25) is 9.69 Å². The van der Waals surface area contributed by atoms with Crippen LogP contribution in [0, 0.1) is 6.92 Å². The van der Waals surface area contributed by atoms with E-state index in [1.54, 1.807) is 0 Å². The second kappa shape index (κ2) is 10.3. The number of aryl methyl sites for hydroxylation is 1. The molecule has 1 aliphatic heterocycles. The maximum absolute atomic E-state index is 12.4. The van der Waals surface area contributed by atoms with Crippen LogP contribution in [-0.2, 0) is 9.53 Å². The van der Waals surface area contributed by atoms with Crippen molar-refractivity contribution >= 4 is 11.6 Å². The summed E-state index contributed by atoms with van der Waals surface area (Å²) < 4.78 is 11.1. The minimum Gasteiger partial charge on any atom is -0.484 e. The Kier molecular flexibility index (Phi) is 7.49. The Morgan fingerprint density at radius 2 is 1.76 bits per heavy atom. The Labute approximate surface area is 173 Å². The van der Waals surface area contributed by atoms with Crippen molar-refractivity contribution in [2.24, 2.45) is 0 Å². The lowest BCUT2D eigenvalue weighted by atomic mass is 10.0. The third kappa shape index (κ3) is 6.21. The molecule has 0 radical (unpaired) electrons. The quantitative estimate of drug-likeness (QED) is 0.742. The molecule has 1 saturated heterocycles. The molecule has 6 heteroatoms. The number of anilines is 1. The number of hydrogen-bond donors (Lipinski definition) is 1. The summed E-state index contributed by atoms with van der Waals surface area (Å²) in [5, 5.41) is 3.04. The third-order valence-electron chi connectivity index (χ3n) is 5.16. The van der Waals surface area contributed by atoms with Crippen molar-refractivity contribution < 1.29 is 14.3 Å². The maximum Gasteiger partial charge on any atom is 0.258 e. The summed E-state index contributed by atoms with van der Waals surface area (Å²) in [5.41, 5.74) is 3.51. The number of ether oxygens (including phenoxy) is 2. The average Bonchev–Trinajstić information content (AvgIpc) is 2.74. The Morgan fingerprint density at radius 1 is 1.10 bits per heavy atom. The highest BCUT2D eigenvalue weighted by atomic mass is 16.5. The smallest absolute Gasteiger partial charge is 0.258 e. The number of morpholine rings is 1. The largest absolute Gasteiger partial charge is 0.484 e. The molecule has 1 heterocycles. The SMILES string of the molecule is Cc1ccc(OCC(=O)NCC(c2ccc(N(C)C)cc2)N2CCOCC2)cc1. The minimum atomic E-state index is -0.117. The van der Waals surface area contributed by atoms with Crippen LogP contribution < -0.4 is 15.0 Å². The first-order valence-electron chi connectivity index (χ1n) is 10.1. The van der Waals surface area contributed by atoms with Gasteiger partial charge in [-0.25, -0.2) is 0 Å². The number of carbonyl (C=O) groups is 1. The van der Waals surface area contributed by atoms with Gasteiger partial charge in [-0.15, -0.1) is 0 Å². The van der Waals surface area contributed by atoms with Crippen LogP contribution in [0.4, 0.5) is 5.69 Å². The number of hydrogen-bond acceptors (Lipinski definition) is 5. The predicted molar refractivity (Wildman–Crippen MR) is 116 cm³/mol. The number of nitrogens with one attached hydrogen (secondary N) is 1. The van der Waals surface area contributed by atoms with Gasteiger partial charge in [0.15, 0.2) is 6.61 Å². The molecule has 1 amide bonds. The fourth-order valence-corrected chi connectivity index (χ4v) is 3.39. The summed E-state index contributed by atoms with van der Waals surface area (Å²) in [5.74, 6) is 0.587. The summed E-state index contributed by atoms with van der Waals surface area (Å²) in [6.45, 7) is 5.72. The highest BCUT2D eigenvalue weighted by molar-refractivity contribution is 5.77. The van der Waals surface area contributed by atoms with Gasteiger partial charge in [0.2, 0.25) is 0 Å². The molecule has 3 rings (SSSR count). The fraction of sp³-hybridized carbons (Fsp3) is 0.435. The number of benzene rings is 2. The molecule has 1 fully saturated rings. The Balaban J connectivity index is 1.60. The lowest BCUT2D eigenvalue weighted by molar-refractivity contribution is -0.123. The van der Waals surface area contributed by atoms with Gasteiger partial charge in [-0.1, -0.05) is 29.8 Å². The summed E-state index contributed by atoms with van der Waals surface area (Å²) in [7, 11) is 4.06. The van der Waals surface area contributed by atoms with Crippen LogP contribution in [0.15, 0.2) is 48.5 Å². The van der Waals surface area contributed by atoms with Gasteiger partial charge in [0.1, 0.15) is 5.75 Å². The molecule has 0 spiro atoms. The zero-order chi connectivity index (χ0) is 20.6. The lowest BCUT2D eigenvalue weighted by Gasteiger charge is -2.35. The second-order valence-corrected chi connectivity index (χ2v) is 7.56. The lowest BCUT2D eigenvalue weighted by Crippen LogP contribution is -2.44. The van der Waals surface area contributed by atoms with E-state index in [1.807, 2.05) is 45.3 Å². The van der Waals surface area contributed by atoms with E-state index in [4.69, 9.17) is 9.47 Å². The second-order valence-electron chi connectivity index (χ2n) is 7.56. The van der Waals surface area contributed by atoms with Gasteiger partial charge in [0.05, 0.1) is 19.3 Å². The molecule has 1 unspecified atom stereocenters. The van der Waals surface area contributed by atoms with E-state index in [1.165, 1.54) is 5.56 Å². The van der Waals surface area contributed by atoms with Crippen LogP contribution in [0.3, 0.4) is 0 Å². The molecule has 156 valence electrons. The van der Waals surface area contributed by atoms with Crippen LogP contribution in [0.2, 0.25) is 0 Å². The summed E-state index contributed by atoms with van der Waals surface area (Å²) in [6.07, 6.45) is 0. The molecule has 0 aliphatic carbocycles. The van der Waals surface area contributed by atoms with Gasteiger partial charge in [0, 0.05) is 39.4 Å². The molecule has 6 nitrogen and oxygen atoms in total. The van der Waals surface area contributed by atoms with Crippen LogP contribution >= 0.6 is 0 Å². The molecule has 0 bridgehead atoms. The summed E-state index contributed by atoms with van der Waals surface area (Å²) in [6, 6.07) is 16.3. The van der Waals surface area contributed by atoms with Gasteiger partial charge in [-0.2, -0.15) is 0 Å². The number of amides is 1. The van der Waals surface area contributed by atoms with Crippen molar-refractivity contribution in [3.8, 4) is 5.75 Å². The van der Waals surface area contributed by atoms with Crippen LogP contribution in [0.25, 0.3) is 0 Å². The van der Waals surface area contributed by atoms with E-state index in [-0.39, 0.29) is 18.6 Å². The topological polar surface area (TPSA) is 54.0 Å². The number of carbonyl (C=O) groups excluding carboxylic acids is 1. The van der Waals surface area contributed by atoms with E-state index in [2.05, 4.69) is 39.4 Å². The molecule has 1 atom stereocenters. The molecular weight excluding hydrogens is 366 g/mol. The van der Waals surface area contributed by atoms with Crippen LogP contribution in [-0.4, -0.2) is 64.4 Å². The molecule has 0 aromatic heterocycles. The van der Waals surface area contributed by atoms with Gasteiger partial charge in [0.25, 0.3) is 5.91 Å². The van der Waals surface area contributed by atoms with Gasteiger partial charge < -0.3 is 19.7 Å². The van der Waals surface area contributed by atoms with Crippen molar-refractivity contribution in [3.63, 3.8) is 0 Å². The van der Waals surface area contributed by atoms with Crippen LogP contribution in [0.1, 0.15) is 17.2 Å². The Morgan fingerprint density at radius 3 is 2.38 bits per heavy atom. The fourth-order valence-electron chi connectivity index (χ4n) is 3.39. The monoisotopic (exact) mass is 397 g/mol. The van der Waals surface area contributed by atoms with E-state index in [0.29, 0.717) is 12.3 Å². The number of nitrogens with zero attached hydrogens (tertiary/aromatic N) is 2. The molecule has 1 aliphatic rings. The van der Waals surface area contributed by atoms with Crippen molar-refractivity contribution in [1.29, 1.82) is 0 Å². The van der Waals surface area contributed by atoms with Gasteiger partial charge in [-0.05, 0) is 36.8 Å². The normalized spacial score (nSPS) is 15.6. The third-order valence-corrected chi connectivity index (χ3v) is 5.16. The minimum absolute atomic E-state index is 0.0124. The highest BCUT2D eigenvalue weighted by Crippen LogP contribution is 2.23. The number of rotatable bonds is 8. The first kappa shape index (κ1) is 21.1. The van der Waals surface area contributed by atoms with E-state index >= 15 is 0 Å². The highest BCUT2D eigenvalue weighted by Gasteiger charge is 2.23. The zero-order valence-electron chi connectivity index (χ0n) is 17.6. The molecule has 0 saturated carbocycles. The van der Waals surface area contributed by atoms with Gasteiger partial charge >= 0.3 is 0 Å². The molecule has 29 heavy (non-hydrogen) atoms. The van der Waals surface area contributed by atoms with Crippen molar-refractivity contribution in [2.45, 2.75) is 13.0 Å². The van der Waals surface area contributed by atoms with E-state index in [9.17, 15) is 4.79 Å². The van der Waals surface area contributed by atoms with E-state index < -0.39 is 0 Å². The molecule has 2 aromatic carbocycles. The summed E-state index contributed by atoms with van der Waals surface area (Å²) >= 11 is 0.